The Bertz CT molecular complexity index is 798. The molecule has 2 aromatic carbocycles. The molecule has 2 heterocycles. The maximum atomic E-state index is 12.5. The van der Waals surface area contributed by atoms with E-state index in [1.54, 1.807) is 0 Å². The Balaban J connectivity index is 1.63. The van der Waals surface area contributed by atoms with Crippen LogP contribution in [0, 0.1) is 6.92 Å². The largest absolute Gasteiger partial charge is 0.476 e. The highest BCUT2D eigenvalue weighted by Gasteiger charge is 2.31. The van der Waals surface area contributed by atoms with Crippen LogP contribution < -0.4 is 15.0 Å². The van der Waals surface area contributed by atoms with E-state index >= 15 is 0 Å². The maximum absolute atomic E-state index is 12.5. The summed E-state index contributed by atoms with van der Waals surface area (Å²) in [5.41, 5.74) is 4.10. The Morgan fingerprint density at radius 1 is 1.12 bits per heavy atom. The molecule has 4 rings (SSSR count). The number of hydrogen-bond acceptors (Lipinski definition) is 4. The number of amides is 1. The van der Waals surface area contributed by atoms with Crippen LogP contribution in [0.25, 0.3) is 0 Å². The predicted molar refractivity (Wildman–Crippen MR) is 104 cm³/mol. The minimum atomic E-state index is -0.501. The van der Waals surface area contributed by atoms with Crippen molar-refractivity contribution < 1.29 is 9.53 Å². The molecule has 2 aliphatic heterocycles. The molecule has 0 aliphatic carbocycles. The maximum Gasteiger partial charge on any atom is 0.265 e. The molecule has 2 aliphatic rings. The number of anilines is 2. The Morgan fingerprint density at radius 2 is 1.85 bits per heavy atom. The van der Waals surface area contributed by atoms with Crippen molar-refractivity contribution in [2.24, 2.45) is 0 Å². The number of nitrogens with zero attached hydrogens (tertiary/aromatic N) is 2. The van der Waals surface area contributed by atoms with E-state index in [4.69, 9.17) is 4.74 Å². The molecule has 0 radical (unpaired) electrons. The highest BCUT2D eigenvalue weighted by molar-refractivity contribution is 5.99. The molecule has 2 aromatic rings. The summed E-state index contributed by atoms with van der Waals surface area (Å²) in [6, 6.07) is 14.2. The number of nitrogens with one attached hydrogen (secondary N) is 1. The molecule has 26 heavy (non-hydrogen) atoms. The molecule has 0 aromatic heterocycles. The van der Waals surface area contributed by atoms with E-state index in [2.05, 4.69) is 35.2 Å². The van der Waals surface area contributed by atoms with Crippen LogP contribution in [0.5, 0.6) is 5.75 Å². The van der Waals surface area contributed by atoms with Gasteiger partial charge in [0.1, 0.15) is 0 Å². The minimum absolute atomic E-state index is 0.0729. The number of carbonyl (C=O) groups excluding carboxylic acids is 1. The molecular weight excluding hydrogens is 326 g/mol. The van der Waals surface area contributed by atoms with E-state index in [-0.39, 0.29) is 5.91 Å². The second kappa shape index (κ2) is 7.00. The zero-order valence-electron chi connectivity index (χ0n) is 15.4. The fourth-order valence-corrected chi connectivity index (χ4v) is 3.62. The first-order valence-corrected chi connectivity index (χ1v) is 9.20. The van der Waals surface area contributed by atoms with Crippen LogP contribution in [0.1, 0.15) is 11.1 Å². The molecule has 0 bridgehead atoms. The number of rotatable bonds is 3. The molecule has 1 N–H and O–H groups in total. The third-order valence-electron chi connectivity index (χ3n) is 5.13. The van der Waals surface area contributed by atoms with Crippen LogP contribution in [-0.2, 0) is 11.2 Å². The van der Waals surface area contributed by atoms with Gasteiger partial charge in [-0.25, -0.2) is 0 Å². The van der Waals surface area contributed by atoms with Gasteiger partial charge >= 0.3 is 0 Å². The lowest BCUT2D eigenvalue weighted by molar-refractivity contribution is -0.123. The first-order valence-electron chi connectivity index (χ1n) is 9.20. The summed E-state index contributed by atoms with van der Waals surface area (Å²) in [4.78, 5) is 17.2. The van der Waals surface area contributed by atoms with Crippen molar-refractivity contribution in [3.05, 3.63) is 53.6 Å². The van der Waals surface area contributed by atoms with Gasteiger partial charge in [0.05, 0.1) is 11.4 Å². The van der Waals surface area contributed by atoms with Crippen molar-refractivity contribution in [3.63, 3.8) is 0 Å². The quantitative estimate of drug-likeness (QED) is 0.923. The smallest absolute Gasteiger partial charge is 0.265 e. The van der Waals surface area contributed by atoms with Crippen molar-refractivity contribution in [2.75, 3.05) is 43.4 Å². The molecule has 136 valence electrons. The third kappa shape index (κ3) is 3.40. The van der Waals surface area contributed by atoms with Crippen LogP contribution in [0.3, 0.4) is 0 Å². The van der Waals surface area contributed by atoms with E-state index in [1.807, 2.05) is 36.4 Å². The summed E-state index contributed by atoms with van der Waals surface area (Å²) in [7, 11) is 2.15. The Kier molecular flexibility index (Phi) is 4.55. The molecule has 1 amide bonds. The lowest BCUT2D eigenvalue weighted by atomic mass is 10.0. The molecular formula is C21H25N3O2. The van der Waals surface area contributed by atoms with Crippen LogP contribution in [0.15, 0.2) is 42.5 Å². The van der Waals surface area contributed by atoms with E-state index in [9.17, 15) is 4.79 Å². The molecule has 5 nitrogen and oxygen atoms in total. The highest BCUT2D eigenvalue weighted by atomic mass is 16.5. The summed E-state index contributed by atoms with van der Waals surface area (Å²) < 4.78 is 6.25. The summed E-state index contributed by atoms with van der Waals surface area (Å²) in [6.45, 7) is 6.05. The molecule has 1 atom stereocenters. The minimum Gasteiger partial charge on any atom is -0.476 e. The first-order chi connectivity index (χ1) is 12.6. The first kappa shape index (κ1) is 16.9. The number of likely N-dealkylation sites (N-methyl/N-ethyl adjacent to an activating group) is 1. The van der Waals surface area contributed by atoms with Crippen LogP contribution in [0.2, 0.25) is 0 Å². The van der Waals surface area contributed by atoms with E-state index in [0.29, 0.717) is 6.42 Å². The summed E-state index contributed by atoms with van der Waals surface area (Å²) >= 11 is 0. The number of fused-ring (bicyclic) bond motifs is 1. The molecule has 0 spiro atoms. The van der Waals surface area contributed by atoms with Gasteiger partial charge in [0.2, 0.25) is 0 Å². The monoisotopic (exact) mass is 351 g/mol. The third-order valence-corrected chi connectivity index (χ3v) is 5.13. The van der Waals surface area contributed by atoms with Gasteiger partial charge in [0.25, 0.3) is 5.91 Å². The molecule has 5 heteroatoms. The van der Waals surface area contributed by atoms with Gasteiger partial charge in [-0.2, -0.15) is 0 Å². The topological polar surface area (TPSA) is 44.8 Å². The number of piperazine rings is 1. The van der Waals surface area contributed by atoms with Crippen LogP contribution in [0.4, 0.5) is 11.4 Å². The number of carbonyl (C=O) groups is 1. The predicted octanol–water partition coefficient (Wildman–Crippen LogP) is 2.69. The van der Waals surface area contributed by atoms with E-state index in [1.165, 1.54) is 0 Å². The molecule has 1 unspecified atom stereocenters. The lowest BCUT2D eigenvalue weighted by Crippen LogP contribution is -2.45. The SMILES string of the molecule is Cc1cc2c(c(N3CCN(C)CC3)c1)OC(Cc1ccccc1)C(=O)N2. The van der Waals surface area contributed by atoms with Gasteiger partial charge in [-0.05, 0) is 37.2 Å². The standard InChI is InChI=1S/C21H25N3O2/c1-15-12-17-20(18(13-15)24-10-8-23(2)9-11-24)26-19(21(25)22-17)14-16-6-4-3-5-7-16/h3-7,12-13,19H,8-11,14H2,1-2H3,(H,22,25). The second-order valence-electron chi connectivity index (χ2n) is 7.24. The molecule has 1 fully saturated rings. The zero-order chi connectivity index (χ0) is 18.1. The number of benzene rings is 2. The van der Waals surface area contributed by atoms with Crippen LogP contribution in [-0.4, -0.2) is 50.1 Å². The summed E-state index contributed by atoms with van der Waals surface area (Å²) in [5, 5.41) is 3.06. The molecule has 1 saturated heterocycles. The van der Waals surface area contributed by atoms with Gasteiger partial charge in [0.15, 0.2) is 11.9 Å². The van der Waals surface area contributed by atoms with Gasteiger partial charge < -0.3 is 19.9 Å². The zero-order valence-corrected chi connectivity index (χ0v) is 15.4. The van der Waals surface area contributed by atoms with Gasteiger partial charge in [-0.15, -0.1) is 0 Å². The van der Waals surface area contributed by atoms with Gasteiger partial charge in [0, 0.05) is 32.6 Å². The average Bonchev–Trinajstić information content (AvgIpc) is 2.64. The van der Waals surface area contributed by atoms with Crippen molar-refractivity contribution >= 4 is 17.3 Å². The Hall–Kier alpha value is -2.53. The van der Waals surface area contributed by atoms with Crippen molar-refractivity contribution in [3.8, 4) is 5.75 Å². The number of aryl methyl sites for hydroxylation is 1. The second-order valence-corrected chi connectivity index (χ2v) is 7.24. The number of hydrogen-bond donors (Lipinski definition) is 1. The van der Waals surface area contributed by atoms with Crippen molar-refractivity contribution in [2.45, 2.75) is 19.4 Å². The Labute approximate surface area is 154 Å². The fourth-order valence-electron chi connectivity index (χ4n) is 3.62. The van der Waals surface area contributed by atoms with Gasteiger partial charge in [-0.1, -0.05) is 30.3 Å². The van der Waals surface area contributed by atoms with Crippen molar-refractivity contribution in [1.82, 2.24) is 4.90 Å². The fraction of sp³-hybridized carbons (Fsp3) is 0.381. The number of ether oxygens (including phenoxy) is 1. The lowest BCUT2D eigenvalue weighted by Gasteiger charge is -2.37. The van der Waals surface area contributed by atoms with E-state index in [0.717, 1.165) is 54.4 Å². The highest BCUT2D eigenvalue weighted by Crippen LogP contribution is 2.41. The van der Waals surface area contributed by atoms with Gasteiger partial charge in [-0.3, -0.25) is 4.79 Å². The Morgan fingerprint density at radius 3 is 2.58 bits per heavy atom. The molecule has 0 saturated carbocycles. The normalized spacial score (nSPS) is 20.3. The summed E-state index contributed by atoms with van der Waals surface area (Å²) in [5.74, 6) is 0.733. The van der Waals surface area contributed by atoms with Crippen LogP contribution >= 0.6 is 0 Å². The average molecular weight is 351 g/mol. The van der Waals surface area contributed by atoms with Crippen molar-refractivity contribution in [1.29, 1.82) is 0 Å². The summed E-state index contributed by atoms with van der Waals surface area (Å²) in [6.07, 6.45) is 0.0705. The van der Waals surface area contributed by atoms with E-state index < -0.39 is 6.10 Å².